The first kappa shape index (κ1) is 12.3. The summed E-state index contributed by atoms with van der Waals surface area (Å²) in [5.41, 5.74) is 0.655. The molecule has 1 rings (SSSR count). The predicted octanol–water partition coefficient (Wildman–Crippen LogP) is 0.870. The topological polar surface area (TPSA) is 115 Å². The lowest BCUT2D eigenvalue weighted by Crippen LogP contribution is -2.32. The van der Waals surface area contributed by atoms with Gasteiger partial charge in [-0.2, -0.15) is 5.26 Å². The number of ether oxygens (including phenoxy) is 1. The fraction of sp³-hybridized carbons (Fsp3) is 0.111. The Morgan fingerprint density at radius 1 is 1.53 bits per heavy atom. The molecule has 0 aliphatic heterocycles. The summed E-state index contributed by atoms with van der Waals surface area (Å²) in [6.45, 7) is -0.320. The summed E-state index contributed by atoms with van der Waals surface area (Å²) in [5, 5.41) is 32.7. The van der Waals surface area contributed by atoms with Crippen LogP contribution in [0.2, 0.25) is 0 Å². The van der Waals surface area contributed by atoms with Crippen molar-refractivity contribution in [2.75, 3.05) is 11.7 Å². The number of carbonyl (C=O) groups excluding carboxylic acids is 1. The summed E-state index contributed by atoms with van der Waals surface area (Å²) < 4.78 is 4.37. The zero-order valence-corrected chi connectivity index (χ0v) is 8.52. The Morgan fingerprint density at radius 3 is 2.65 bits per heavy atom. The van der Waals surface area contributed by atoms with Gasteiger partial charge in [0, 0.05) is 4.97 Å². The molecule has 8 heteroatoms. The summed E-state index contributed by atoms with van der Waals surface area (Å²) in [6, 6.07) is 7.63. The van der Waals surface area contributed by atoms with Crippen LogP contribution in [0.3, 0.4) is 0 Å². The fourth-order valence-electron chi connectivity index (χ4n) is 1.08. The van der Waals surface area contributed by atoms with Crippen molar-refractivity contribution >= 4 is 12.2 Å². The van der Waals surface area contributed by atoms with Crippen molar-refractivity contribution in [3.8, 4) is 6.07 Å². The van der Waals surface area contributed by atoms with Gasteiger partial charge in [0.05, 0.1) is 11.6 Å². The number of hydrogen-bond donors (Lipinski definition) is 0. The molecule has 0 aromatic heterocycles. The zero-order chi connectivity index (χ0) is 12.7. The third-order valence-electron chi connectivity index (χ3n) is 1.84. The molecule has 1 aromatic rings. The zero-order valence-electron chi connectivity index (χ0n) is 8.52. The van der Waals surface area contributed by atoms with Gasteiger partial charge in [-0.25, -0.2) is 0 Å². The Morgan fingerprint density at radius 2 is 2.18 bits per heavy atom. The molecule has 0 bridgehead atoms. The average Bonchev–Trinajstić information content (AvgIpc) is 2.39. The first-order valence-electron chi connectivity index (χ1n) is 4.36. The molecule has 88 valence electrons. The van der Waals surface area contributed by atoms with Crippen LogP contribution in [0.25, 0.3) is 0 Å². The van der Waals surface area contributed by atoms with E-state index >= 15 is 0 Å². The van der Waals surface area contributed by atoms with Crippen LogP contribution in [-0.2, 0) is 9.53 Å². The smallest absolute Gasteiger partial charge is 0.295 e. The molecule has 0 N–H and O–H groups in total. The number of carbonyl (C=O) groups is 1. The second-order valence-electron chi connectivity index (χ2n) is 2.78. The third kappa shape index (κ3) is 3.07. The molecule has 0 saturated carbocycles. The number of benzene rings is 1. The van der Waals surface area contributed by atoms with Crippen LogP contribution in [-0.4, -0.2) is 18.2 Å². The average molecular weight is 235 g/mol. The van der Waals surface area contributed by atoms with Gasteiger partial charge in [0.25, 0.3) is 6.47 Å². The lowest BCUT2D eigenvalue weighted by Gasteiger charge is -2.17. The number of hydrazine groups is 1. The van der Waals surface area contributed by atoms with Gasteiger partial charge in [-0.15, -0.1) is 0 Å². The molecule has 0 atom stereocenters. The van der Waals surface area contributed by atoms with Gasteiger partial charge in [0.2, 0.25) is 6.73 Å². The van der Waals surface area contributed by atoms with Crippen LogP contribution in [0.15, 0.2) is 29.5 Å². The van der Waals surface area contributed by atoms with Crippen molar-refractivity contribution in [1.29, 1.82) is 5.26 Å². The van der Waals surface area contributed by atoms with E-state index in [9.17, 15) is 15.2 Å². The number of hydrogen-bond acceptors (Lipinski definition) is 6. The van der Waals surface area contributed by atoms with Crippen LogP contribution in [0.5, 0.6) is 0 Å². The monoisotopic (exact) mass is 235 g/mol. The summed E-state index contributed by atoms with van der Waals surface area (Å²) in [5.74, 6) is 0. The third-order valence-corrected chi connectivity index (χ3v) is 1.84. The highest BCUT2D eigenvalue weighted by atomic mass is 16.6. The minimum absolute atomic E-state index is 0.134. The van der Waals surface area contributed by atoms with Crippen molar-refractivity contribution in [2.24, 2.45) is 5.28 Å². The normalized spacial score (nSPS) is 10.4. The molecule has 17 heavy (non-hydrogen) atoms. The van der Waals surface area contributed by atoms with Crippen LogP contribution in [0.4, 0.5) is 5.69 Å². The Bertz CT molecular complexity index is 451. The van der Waals surface area contributed by atoms with Crippen LogP contribution >= 0.6 is 0 Å². The van der Waals surface area contributed by atoms with E-state index in [1.807, 2.05) is 6.07 Å². The van der Waals surface area contributed by atoms with Gasteiger partial charge >= 0.3 is 0 Å². The molecule has 0 radical (unpaired) electrons. The molecule has 0 unspecified atom stereocenters. The Balaban J connectivity index is 2.96. The van der Waals surface area contributed by atoms with Crippen molar-refractivity contribution in [3.05, 3.63) is 40.2 Å². The lowest BCUT2D eigenvalue weighted by molar-refractivity contribution is -0.544. The number of anilines is 1. The first-order valence-corrected chi connectivity index (χ1v) is 4.36. The maximum atomic E-state index is 11.1. The highest BCUT2D eigenvalue weighted by molar-refractivity contribution is 5.47. The van der Waals surface area contributed by atoms with E-state index in [4.69, 9.17) is 5.26 Å². The summed E-state index contributed by atoms with van der Waals surface area (Å²) in [6.07, 6.45) is 0. The van der Waals surface area contributed by atoms with E-state index in [0.717, 1.165) is 5.01 Å². The van der Waals surface area contributed by atoms with E-state index in [-0.39, 0.29) is 17.1 Å². The second-order valence-corrected chi connectivity index (χ2v) is 2.78. The van der Waals surface area contributed by atoms with E-state index in [1.165, 1.54) is 24.3 Å². The molecule has 0 spiro atoms. The van der Waals surface area contributed by atoms with Gasteiger partial charge < -0.3 is 15.2 Å². The lowest BCUT2D eigenvalue weighted by atomic mass is 10.2. The summed E-state index contributed by atoms with van der Waals surface area (Å²) >= 11 is 0. The minimum atomic E-state index is -0.454. The van der Waals surface area contributed by atoms with Crippen LogP contribution in [0.1, 0.15) is 5.56 Å². The van der Waals surface area contributed by atoms with Gasteiger partial charge in [0.1, 0.15) is 5.69 Å². The fourth-order valence-corrected chi connectivity index (χ4v) is 1.08. The molecular formula is C9H7N4O4-. The van der Waals surface area contributed by atoms with E-state index in [1.54, 1.807) is 0 Å². The van der Waals surface area contributed by atoms with Crippen molar-refractivity contribution < 1.29 is 14.5 Å². The SMILES string of the molecule is N#Cc1ccc(N(COC=O)/[N+]([O-])=N/[O-])cc1. The van der Waals surface area contributed by atoms with Gasteiger partial charge in [0.15, 0.2) is 0 Å². The van der Waals surface area contributed by atoms with E-state index in [0.29, 0.717) is 5.56 Å². The molecule has 0 aliphatic carbocycles. The number of nitrogens with zero attached hydrogens (tertiary/aromatic N) is 4. The van der Waals surface area contributed by atoms with Crippen molar-refractivity contribution in [3.63, 3.8) is 0 Å². The standard InChI is InChI=1S/C9H8N4O4/c10-5-8-1-3-9(4-2-8)12(6-17-7-14)13(16)11-15/h1-4,7,15H,6H2/p-1/b13-11-. The Kier molecular flexibility index (Phi) is 4.26. The second kappa shape index (κ2) is 5.92. The molecule has 0 heterocycles. The van der Waals surface area contributed by atoms with Gasteiger partial charge in [-0.3, -0.25) is 4.79 Å². The molecule has 0 fully saturated rings. The van der Waals surface area contributed by atoms with Crippen LogP contribution < -0.4 is 5.01 Å². The quantitative estimate of drug-likeness (QED) is 0.246. The maximum absolute atomic E-state index is 11.1. The summed E-state index contributed by atoms with van der Waals surface area (Å²) in [4.78, 5) is 9.77. The molecule has 0 aliphatic rings. The van der Waals surface area contributed by atoms with E-state index < -0.39 is 6.73 Å². The highest BCUT2D eigenvalue weighted by Crippen LogP contribution is 2.15. The first-order chi connectivity index (χ1) is 8.22. The molecule has 1 aromatic carbocycles. The molecule has 0 amide bonds. The summed E-state index contributed by atoms with van der Waals surface area (Å²) in [7, 11) is 0. The Labute approximate surface area is 96.1 Å². The molecule has 0 saturated heterocycles. The maximum Gasteiger partial charge on any atom is 0.295 e. The van der Waals surface area contributed by atoms with Crippen molar-refractivity contribution in [1.82, 2.24) is 0 Å². The molecule has 8 nitrogen and oxygen atoms in total. The van der Waals surface area contributed by atoms with Gasteiger partial charge in [-0.05, 0) is 29.5 Å². The minimum Gasteiger partial charge on any atom is -0.737 e. The van der Waals surface area contributed by atoms with Crippen LogP contribution in [0, 0.1) is 21.7 Å². The predicted molar refractivity (Wildman–Crippen MR) is 55.1 cm³/mol. The number of nitriles is 1. The van der Waals surface area contributed by atoms with E-state index in [2.05, 4.69) is 10.0 Å². The largest absolute Gasteiger partial charge is 0.737 e. The highest BCUT2D eigenvalue weighted by Gasteiger charge is 2.14. The van der Waals surface area contributed by atoms with Gasteiger partial charge in [-0.1, -0.05) is 5.01 Å². The Hall–Kier alpha value is -2.82. The molecular weight excluding hydrogens is 228 g/mol. The van der Waals surface area contributed by atoms with Crippen molar-refractivity contribution in [2.45, 2.75) is 0 Å². The number of rotatable bonds is 5.